The zero-order valence-corrected chi connectivity index (χ0v) is 14.4. The molecular weight excluding hydrogens is 332 g/mol. The first kappa shape index (κ1) is 17.2. The van der Waals surface area contributed by atoms with E-state index in [0.717, 1.165) is 5.56 Å². The summed E-state index contributed by atoms with van der Waals surface area (Å²) < 4.78 is 10.4. The standard InChI is InChI=1S/C19H18N4O3/c1-25-15-8-9-18(26-2)14(10-15)12-20-23-19(24)17-11-16(21-22-17)13-6-4-3-5-7-13/h3-12H,1-2H3,(H,21,22)(H,23,24). The summed E-state index contributed by atoms with van der Waals surface area (Å²) in [6.45, 7) is 0. The van der Waals surface area contributed by atoms with Crippen LogP contribution in [0.25, 0.3) is 11.3 Å². The number of rotatable bonds is 6. The van der Waals surface area contributed by atoms with Crippen LogP contribution in [0.4, 0.5) is 0 Å². The van der Waals surface area contributed by atoms with Crippen LogP contribution in [0.1, 0.15) is 16.1 Å². The fourth-order valence-electron chi connectivity index (χ4n) is 2.36. The Balaban J connectivity index is 1.70. The molecule has 1 heterocycles. The van der Waals surface area contributed by atoms with Crippen LogP contribution < -0.4 is 14.9 Å². The largest absolute Gasteiger partial charge is 0.497 e. The van der Waals surface area contributed by atoms with Crippen molar-refractivity contribution in [3.8, 4) is 22.8 Å². The molecule has 2 N–H and O–H groups in total. The first-order valence-corrected chi connectivity index (χ1v) is 7.87. The second-order valence-electron chi connectivity index (χ2n) is 5.34. The van der Waals surface area contributed by atoms with Crippen LogP contribution in [0, 0.1) is 0 Å². The average Bonchev–Trinajstić information content (AvgIpc) is 3.19. The number of carbonyl (C=O) groups is 1. The molecule has 0 aliphatic carbocycles. The minimum Gasteiger partial charge on any atom is -0.497 e. The molecule has 2 aromatic carbocycles. The predicted molar refractivity (Wildman–Crippen MR) is 98.6 cm³/mol. The van der Waals surface area contributed by atoms with E-state index >= 15 is 0 Å². The van der Waals surface area contributed by atoms with Gasteiger partial charge in [-0.1, -0.05) is 30.3 Å². The summed E-state index contributed by atoms with van der Waals surface area (Å²) in [5.41, 5.74) is 5.08. The molecule has 1 aromatic heterocycles. The van der Waals surface area contributed by atoms with E-state index in [-0.39, 0.29) is 0 Å². The lowest BCUT2D eigenvalue weighted by molar-refractivity contribution is 0.0950. The number of amides is 1. The Morgan fingerprint density at radius 2 is 1.92 bits per heavy atom. The maximum atomic E-state index is 12.2. The molecule has 0 saturated carbocycles. The predicted octanol–water partition coefficient (Wildman–Crippen LogP) is 2.86. The molecule has 0 spiro atoms. The molecule has 0 saturated heterocycles. The van der Waals surface area contributed by atoms with E-state index in [1.54, 1.807) is 38.5 Å². The van der Waals surface area contributed by atoms with Crippen LogP contribution in [0.2, 0.25) is 0 Å². The van der Waals surface area contributed by atoms with Gasteiger partial charge in [-0.15, -0.1) is 0 Å². The summed E-state index contributed by atoms with van der Waals surface area (Å²) in [5, 5.41) is 10.8. The topological polar surface area (TPSA) is 88.6 Å². The molecule has 0 aliphatic heterocycles. The highest BCUT2D eigenvalue weighted by Crippen LogP contribution is 2.22. The van der Waals surface area contributed by atoms with Crippen LogP contribution in [-0.4, -0.2) is 36.5 Å². The number of hydrogen-bond acceptors (Lipinski definition) is 5. The molecule has 0 bridgehead atoms. The van der Waals surface area contributed by atoms with Gasteiger partial charge in [0.2, 0.25) is 0 Å². The summed E-state index contributed by atoms with van der Waals surface area (Å²) in [6.07, 6.45) is 1.49. The highest BCUT2D eigenvalue weighted by atomic mass is 16.5. The van der Waals surface area contributed by atoms with E-state index in [9.17, 15) is 4.79 Å². The number of aromatic amines is 1. The van der Waals surface area contributed by atoms with Gasteiger partial charge in [-0.05, 0) is 24.3 Å². The second-order valence-corrected chi connectivity index (χ2v) is 5.34. The van der Waals surface area contributed by atoms with Crippen LogP contribution in [0.15, 0.2) is 59.7 Å². The minimum atomic E-state index is -0.391. The van der Waals surface area contributed by atoms with Crippen molar-refractivity contribution in [2.24, 2.45) is 5.10 Å². The summed E-state index contributed by atoms with van der Waals surface area (Å²) in [6, 6.07) is 16.6. The number of methoxy groups -OCH3 is 2. The van der Waals surface area contributed by atoms with Gasteiger partial charge in [0.05, 0.1) is 26.1 Å². The fourth-order valence-corrected chi connectivity index (χ4v) is 2.36. The zero-order valence-electron chi connectivity index (χ0n) is 14.4. The maximum Gasteiger partial charge on any atom is 0.289 e. The third-order valence-corrected chi connectivity index (χ3v) is 3.70. The molecule has 7 heteroatoms. The number of nitrogens with zero attached hydrogens (tertiary/aromatic N) is 2. The molecule has 0 unspecified atom stereocenters. The third-order valence-electron chi connectivity index (χ3n) is 3.70. The van der Waals surface area contributed by atoms with Gasteiger partial charge in [-0.3, -0.25) is 9.89 Å². The summed E-state index contributed by atoms with van der Waals surface area (Å²) in [4.78, 5) is 12.2. The van der Waals surface area contributed by atoms with E-state index in [1.807, 2.05) is 30.3 Å². The van der Waals surface area contributed by atoms with E-state index in [1.165, 1.54) is 6.21 Å². The van der Waals surface area contributed by atoms with Gasteiger partial charge in [0.1, 0.15) is 17.2 Å². The lowest BCUT2D eigenvalue weighted by Crippen LogP contribution is -2.18. The second kappa shape index (κ2) is 7.98. The highest BCUT2D eigenvalue weighted by Gasteiger charge is 2.10. The Morgan fingerprint density at radius 3 is 2.65 bits per heavy atom. The first-order valence-electron chi connectivity index (χ1n) is 7.87. The van der Waals surface area contributed by atoms with E-state index < -0.39 is 5.91 Å². The normalized spacial score (nSPS) is 10.7. The summed E-state index contributed by atoms with van der Waals surface area (Å²) in [7, 11) is 3.14. The molecule has 7 nitrogen and oxygen atoms in total. The molecule has 3 rings (SSSR count). The van der Waals surface area contributed by atoms with Crippen molar-refractivity contribution in [2.45, 2.75) is 0 Å². The van der Waals surface area contributed by atoms with Gasteiger partial charge < -0.3 is 9.47 Å². The molecule has 3 aromatic rings. The molecule has 0 fully saturated rings. The molecule has 1 amide bonds. The Hall–Kier alpha value is -3.61. The lowest BCUT2D eigenvalue weighted by Gasteiger charge is -2.06. The SMILES string of the molecule is COc1ccc(OC)c(C=NNC(=O)c2cc(-c3ccccc3)n[nH]2)c1. The number of aromatic nitrogens is 2. The maximum absolute atomic E-state index is 12.2. The van der Waals surface area contributed by atoms with Gasteiger partial charge in [0, 0.05) is 11.1 Å². The van der Waals surface area contributed by atoms with Crippen molar-refractivity contribution in [1.82, 2.24) is 15.6 Å². The number of benzene rings is 2. The number of carbonyl (C=O) groups excluding carboxylic acids is 1. The van der Waals surface area contributed by atoms with Crippen LogP contribution in [-0.2, 0) is 0 Å². The first-order chi connectivity index (χ1) is 12.7. The van der Waals surface area contributed by atoms with Gasteiger partial charge in [0.15, 0.2) is 0 Å². The van der Waals surface area contributed by atoms with Crippen molar-refractivity contribution < 1.29 is 14.3 Å². The molecule has 0 radical (unpaired) electrons. The number of hydrogen-bond donors (Lipinski definition) is 2. The van der Waals surface area contributed by atoms with Gasteiger partial charge >= 0.3 is 0 Å². The van der Waals surface area contributed by atoms with Crippen molar-refractivity contribution in [1.29, 1.82) is 0 Å². The number of hydrazone groups is 1. The Bertz CT molecular complexity index is 920. The molecule has 0 aliphatic rings. The lowest BCUT2D eigenvalue weighted by atomic mass is 10.1. The molecular formula is C19H18N4O3. The van der Waals surface area contributed by atoms with Crippen molar-refractivity contribution in [2.75, 3.05) is 14.2 Å². The summed E-state index contributed by atoms with van der Waals surface area (Å²) >= 11 is 0. The minimum absolute atomic E-state index is 0.318. The average molecular weight is 350 g/mol. The Labute approximate surface area is 150 Å². The highest BCUT2D eigenvalue weighted by molar-refractivity contribution is 5.94. The van der Waals surface area contributed by atoms with Crippen LogP contribution in [0.3, 0.4) is 0 Å². The summed E-state index contributed by atoms with van der Waals surface area (Å²) in [5.74, 6) is 0.897. The van der Waals surface area contributed by atoms with Gasteiger partial charge in [-0.25, -0.2) is 5.43 Å². The quantitative estimate of drug-likeness (QED) is 0.528. The molecule has 26 heavy (non-hydrogen) atoms. The molecule has 132 valence electrons. The van der Waals surface area contributed by atoms with Gasteiger partial charge in [-0.2, -0.15) is 10.2 Å². The monoisotopic (exact) mass is 350 g/mol. The van der Waals surface area contributed by atoms with Gasteiger partial charge in [0.25, 0.3) is 5.91 Å². The Morgan fingerprint density at radius 1 is 1.12 bits per heavy atom. The van der Waals surface area contributed by atoms with Crippen molar-refractivity contribution in [3.63, 3.8) is 0 Å². The number of nitrogens with one attached hydrogen (secondary N) is 2. The van der Waals surface area contributed by atoms with E-state index in [2.05, 4.69) is 20.7 Å². The Kier molecular flexibility index (Phi) is 5.28. The van der Waals surface area contributed by atoms with Crippen molar-refractivity contribution >= 4 is 12.1 Å². The van der Waals surface area contributed by atoms with Crippen molar-refractivity contribution in [3.05, 3.63) is 65.9 Å². The fraction of sp³-hybridized carbons (Fsp3) is 0.105. The molecule has 0 atom stereocenters. The number of H-pyrrole nitrogens is 1. The smallest absolute Gasteiger partial charge is 0.289 e. The van der Waals surface area contributed by atoms with E-state index in [4.69, 9.17) is 9.47 Å². The zero-order chi connectivity index (χ0) is 18.4. The van der Waals surface area contributed by atoms with Crippen LogP contribution >= 0.6 is 0 Å². The third kappa shape index (κ3) is 3.89. The van der Waals surface area contributed by atoms with Crippen LogP contribution in [0.5, 0.6) is 11.5 Å². The number of ether oxygens (including phenoxy) is 2. The van der Waals surface area contributed by atoms with E-state index in [0.29, 0.717) is 28.5 Å².